The van der Waals surface area contributed by atoms with Crippen LogP contribution in [0.3, 0.4) is 0 Å². The Kier molecular flexibility index (Phi) is 5.29. The van der Waals surface area contributed by atoms with Gasteiger partial charge in [0.15, 0.2) is 9.84 Å². The van der Waals surface area contributed by atoms with E-state index in [9.17, 15) is 13.2 Å². The highest BCUT2D eigenvalue weighted by atomic mass is 32.2. The fourth-order valence-electron chi connectivity index (χ4n) is 1.70. The van der Waals surface area contributed by atoms with Crippen LogP contribution in [0.4, 0.5) is 5.82 Å². The molecule has 2 N–H and O–H groups in total. The van der Waals surface area contributed by atoms with Crippen molar-refractivity contribution in [3.8, 4) is 0 Å². The van der Waals surface area contributed by atoms with Gasteiger partial charge in [-0.15, -0.1) is 0 Å². The molecule has 0 aliphatic heterocycles. The highest BCUT2D eigenvalue weighted by Crippen LogP contribution is 2.18. The monoisotopic (exact) mass is 286 g/mol. The van der Waals surface area contributed by atoms with Crippen LogP contribution in [0.1, 0.15) is 19.8 Å². The third-order valence-corrected chi connectivity index (χ3v) is 3.80. The van der Waals surface area contributed by atoms with Crippen molar-refractivity contribution in [3.05, 3.63) is 18.3 Å². The predicted octanol–water partition coefficient (Wildman–Crippen LogP) is 1.40. The minimum Gasteiger partial charge on any atom is -0.481 e. The van der Waals surface area contributed by atoms with Gasteiger partial charge in [0.1, 0.15) is 10.7 Å². The SMILES string of the molecule is CCCC(CNc1ncccc1S(C)(=O)=O)C(=O)O. The summed E-state index contributed by atoms with van der Waals surface area (Å²) in [6.07, 6.45) is 3.84. The lowest BCUT2D eigenvalue weighted by molar-refractivity contribution is -0.141. The van der Waals surface area contributed by atoms with Crippen LogP contribution in [-0.2, 0) is 14.6 Å². The maximum atomic E-state index is 11.6. The first kappa shape index (κ1) is 15.4. The number of sulfone groups is 1. The van der Waals surface area contributed by atoms with Gasteiger partial charge in [-0.1, -0.05) is 13.3 Å². The molecule has 7 heteroatoms. The molecule has 0 aliphatic carbocycles. The summed E-state index contributed by atoms with van der Waals surface area (Å²) in [6, 6.07) is 2.97. The van der Waals surface area contributed by atoms with E-state index in [4.69, 9.17) is 5.11 Å². The number of carboxylic acids is 1. The molecule has 0 amide bonds. The molecule has 0 aliphatic rings. The Labute approximate surface area is 112 Å². The highest BCUT2D eigenvalue weighted by Gasteiger charge is 2.19. The van der Waals surface area contributed by atoms with Gasteiger partial charge >= 0.3 is 5.97 Å². The van der Waals surface area contributed by atoms with Crippen LogP contribution >= 0.6 is 0 Å². The molecule has 0 fully saturated rings. The summed E-state index contributed by atoms with van der Waals surface area (Å²) >= 11 is 0. The van der Waals surface area contributed by atoms with Gasteiger partial charge in [0.25, 0.3) is 0 Å². The molecule has 1 heterocycles. The van der Waals surface area contributed by atoms with E-state index < -0.39 is 21.7 Å². The van der Waals surface area contributed by atoms with Crippen LogP contribution < -0.4 is 5.32 Å². The zero-order valence-electron chi connectivity index (χ0n) is 11.0. The summed E-state index contributed by atoms with van der Waals surface area (Å²) in [5, 5.41) is 11.8. The Balaban J connectivity index is 2.86. The normalized spacial score (nSPS) is 12.9. The number of hydrogen-bond donors (Lipinski definition) is 2. The molecule has 106 valence electrons. The van der Waals surface area contributed by atoms with Gasteiger partial charge < -0.3 is 10.4 Å². The smallest absolute Gasteiger partial charge is 0.308 e. The third kappa shape index (κ3) is 4.51. The number of nitrogens with one attached hydrogen (secondary N) is 1. The van der Waals surface area contributed by atoms with E-state index >= 15 is 0 Å². The first-order chi connectivity index (χ1) is 8.86. The number of anilines is 1. The van der Waals surface area contributed by atoms with Crippen molar-refractivity contribution in [1.82, 2.24) is 4.98 Å². The number of pyridine rings is 1. The van der Waals surface area contributed by atoms with Gasteiger partial charge in [-0.2, -0.15) is 0 Å². The standard InChI is InChI=1S/C12H18N2O4S/c1-3-5-9(12(15)16)8-14-11-10(19(2,17)18)6-4-7-13-11/h4,6-7,9H,3,5,8H2,1-2H3,(H,13,14)(H,15,16). The van der Waals surface area contributed by atoms with E-state index in [0.29, 0.717) is 6.42 Å². The van der Waals surface area contributed by atoms with Crippen LogP contribution in [0.15, 0.2) is 23.2 Å². The first-order valence-electron chi connectivity index (χ1n) is 5.98. The average molecular weight is 286 g/mol. The molecule has 0 bridgehead atoms. The molecule has 1 aromatic heterocycles. The van der Waals surface area contributed by atoms with E-state index in [2.05, 4.69) is 10.3 Å². The van der Waals surface area contributed by atoms with E-state index in [1.807, 2.05) is 6.92 Å². The molecule has 1 unspecified atom stereocenters. The Morgan fingerprint density at radius 3 is 2.74 bits per heavy atom. The van der Waals surface area contributed by atoms with Crippen molar-refractivity contribution in [1.29, 1.82) is 0 Å². The second-order valence-electron chi connectivity index (χ2n) is 4.33. The van der Waals surface area contributed by atoms with E-state index in [1.54, 1.807) is 0 Å². The molecular formula is C12H18N2O4S. The first-order valence-corrected chi connectivity index (χ1v) is 7.87. The Hall–Kier alpha value is -1.63. The topological polar surface area (TPSA) is 96.4 Å². The quantitative estimate of drug-likeness (QED) is 0.786. The van der Waals surface area contributed by atoms with Crippen molar-refractivity contribution in [2.24, 2.45) is 5.92 Å². The van der Waals surface area contributed by atoms with E-state index in [1.165, 1.54) is 18.3 Å². The zero-order valence-corrected chi connectivity index (χ0v) is 11.8. The lowest BCUT2D eigenvalue weighted by Gasteiger charge is -2.14. The van der Waals surface area contributed by atoms with E-state index in [0.717, 1.165) is 12.7 Å². The summed E-state index contributed by atoms with van der Waals surface area (Å²) in [6.45, 7) is 2.06. The molecule has 19 heavy (non-hydrogen) atoms. The van der Waals surface area contributed by atoms with Crippen LogP contribution in [0.2, 0.25) is 0 Å². The Morgan fingerprint density at radius 2 is 2.21 bits per heavy atom. The van der Waals surface area contributed by atoms with Crippen molar-refractivity contribution in [2.45, 2.75) is 24.7 Å². The second-order valence-corrected chi connectivity index (χ2v) is 6.31. The molecular weight excluding hydrogens is 268 g/mol. The number of aromatic nitrogens is 1. The average Bonchev–Trinajstić information content (AvgIpc) is 2.33. The number of nitrogens with zero attached hydrogens (tertiary/aromatic N) is 1. The predicted molar refractivity (Wildman–Crippen MR) is 71.9 cm³/mol. The number of rotatable bonds is 7. The summed E-state index contributed by atoms with van der Waals surface area (Å²) in [5.41, 5.74) is 0. The van der Waals surface area contributed by atoms with Crippen LogP contribution in [0.5, 0.6) is 0 Å². The van der Waals surface area contributed by atoms with Gasteiger partial charge in [0.2, 0.25) is 0 Å². The number of hydrogen-bond acceptors (Lipinski definition) is 5. The maximum absolute atomic E-state index is 11.6. The molecule has 1 rings (SSSR count). The van der Waals surface area contributed by atoms with Gasteiger partial charge in [-0.3, -0.25) is 4.79 Å². The minimum atomic E-state index is -3.39. The molecule has 0 saturated heterocycles. The van der Waals surface area contributed by atoms with Gasteiger partial charge in [0, 0.05) is 19.0 Å². The fraction of sp³-hybridized carbons (Fsp3) is 0.500. The second kappa shape index (κ2) is 6.51. The molecule has 6 nitrogen and oxygen atoms in total. The van der Waals surface area contributed by atoms with Gasteiger partial charge in [-0.05, 0) is 18.6 Å². The van der Waals surface area contributed by atoms with Gasteiger partial charge in [0.05, 0.1) is 5.92 Å². The molecule has 0 spiro atoms. The molecule has 1 aromatic rings. The van der Waals surface area contributed by atoms with Crippen molar-refractivity contribution in [3.63, 3.8) is 0 Å². The number of carbonyl (C=O) groups is 1. The summed E-state index contributed by atoms with van der Waals surface area (Å²) < 4.78 is 23.1. The zero-order chi connectivity index (χ0) is 14.5. The van der Waals surface area contributed by atoms with Crippen molar-refractivity contribution in [2.75, 3.05) is 18.1 Å². The summed E-state index contributed by atoms with van der Waals surface area (Å²) in [7, 11) is -3.39. The maximum Gasteiger partial charge on any atom is 0.308 e. The van der Waals surface area contributed by atoms with Crippen LogP contribution in [0.25, 0.3) is 0 Å². The third-order valence-electron chi connectivity index (χ3n) is 2.67. The lowest BCUT2D eigenvalue weighted by atomic mass is 10.0. The van der Waals surface area contributed by atoms with Crippen LogP contribution in [0, 0.1) is 5.92 Å². The van der Waals surface area contributed by atoms with E-state index in [-0.39, 0.29) is 17.3 Å². The minimum absolute atomic E-state index is 0.0793. The molecule has 0 radical (unpaired) electrons. The highest BCUT2D eigenvalue weighted by molar-refractivity contribution is 7.90. The van der Waals surface area contributed by atoms with Crippen LogP contribution in [-0.4, -0.2) is 37.3 Å². The molecule has 0 saturated carbocycles. The Morgan fingerprint density at radius 1 is 1.53 bits per heavy atom. The molecule has 0 aromatic carbocycles. The largest absolute Gasteiger partial charge is 0.481 e. The van der Waals surface area contributed by atoms with Crippen molar-refractivity contribution < 1.29 is 18.3 Å². The fourth-order valence-corrected chi connectivity index (χ4v) is 2.51. The van der Waals surface area contributed by atoms with Gasteiger partial charge in [-0.25, -0.2) is 13.4 Å². The number of carboxylic acid groups (broad SMARTS) is 1. The molecule has 1 atom stereocenters. The Bertz CT molecular complexity index is 542. The summed E-state index contributed by atoms with van der Waals surface area (Å²) in [5.74, 6) is -1.25. The lowest BCUT2D eigenvalue weighted by Crippen LogP contribution is -2.23. The number of aliphatic carboxylic acids is 1. The summed E-state index contributed by atoms with van der Waals surface area (Å²) in [4.78, 5) is 15.0. The van der Waals surface area contributed by atoms with Crippen molar-refractivity contribution >= 4 is 21.6 Å².